The molecule has 0 bridgehead atoms. The molecule has 0 unspecified atom stereocenters. The summed E-state index contributed by atoms with van der Waals surface area (Å²) in [6, 6.07) is 11.6. The molecule has 0 saturated carbocycles. The lowest BCUT2D eigenvalue weighted by Gasteiger charge is -2.09. The number of anilines is 1. The van der Waals surface area contributed by atoms with E-state index in [1.807, 2.05) is 6.07 Å². The molecule has 2 N–H and O–H groups in total. The van der Waals surface area contributed by atoms with Gasteiger partial charge < -0.3 is 10.4 Å². The number of hydrogen-bond acceptors (Lipinski definition) is 5. The van der Waals surface area contributed by atoms with Gasteiger partial charge in [0.15, 0.2) is 0 Å². The Labute approximate surface area is 156 Å². The van der Waals surface area contributed by atoms with Gasteiger partial charge in [-0.25, -0.2) is 9.78 Å². The number of benzene rings is 1. The molecule has 0 spiro atoms. The summed E-state index contributed by atoms with van der Waals surface area (Å²) in [5.41, 5.74) is 2.01. The van der Waals surface area contributed by atoms with Crippen molar-refractivity contribution in [1.82, 2.24) is 4.98 Å². The lowest BCUT2D eigenvalue weighted by Crippen LogP contribution is -2.14. The zero-order valence-electron chi connectivity index (χ0n) is 14.5. The Bertz CT molecular complexity index is 842. The summed E-state index contributed by atoms with van der Waals surface area (Å²) in [7, 11) is 0. The third-order valence-corrected chi connectivity index (χ3v) is 4.40. The van der Waals surface area contributed by atoms with Crippen LogP contribution >= 0.6 is 11.8 Å². The monoisotopic (exact) mass is 369 g/mol. The van der Waals surface area contributed by atoms with Gasteiger partial charge in [-0.05, 0) is 48.7 Å². The van der Waals surface area contributed by atoms with Gasteiger partial charge in [-0.2, -0.15) is 5.26 Å². The number of nitrogens with one attached hydrogen (secondary N) is 1. The number of nitriles is 1. The molecule has 6 nitrogen and oxygen atoms in total. The molecule has 1 aromatic heterocycles. The van der Waals surface area contributed by atoms with Crippen molar-refractivity contribution in [3.05, 3.63) is 53.2 Å². The average Bonchev–Trinajstić information content (AvgIpc) is 2.60. The van der Waals surface area contributed by atoms with E-state index < -0.39 is 5.97 Å². The second-order valence-electron chi connectivity index (χ2n) is 6.08. The van der Waals surface area contributed by atoms with Crippen LogP contribution in [-0.4, -0.2) is 27.7 Å². The highest BCUT2D eigenvalue weighted by atomic mass is 32.2. The largest absolute Gasteiger partial charge is 0.478 e. The summed E-state index contributed by atoms with van der Waals surface area (Å²) in [6.07, 6.45) is 0.807. The van der Waals surface area contributed by atoms with Crippen LogP contribution in [0.1, 0.15) is 35.5 Å². The highest BCUT2D eigenvalue weighted by molar-refractivity contribution is 8.00. The molecule has 0 fully saturated rings. The van der Waals surface area contributed by atoms with E-state index in [0.29, 0.717) is 22.2 Å². The molecule has 0 aliphatic rings. The van der Waals surface area contributed by atoms with E-state index in [4.69, 9.17) is 5.11 Å². The zero-order valence-corrected chi connectivity index (χ0v) is 15.3. The number of carbonyl (C=O) groups is 2. The van der Waals surface area contributed by atoms with Gasteiger partial charge >= 0.3 is 5.97 Å². The molecule has 7 heteroatoms. The number of aromatic nitrogens is 1. The third-order valence-electron chi connectivity index (χ3n) is 3.41. The molecular formula is C19H19N3O3S. The number of rotatable bonds is 7. The Morgan fingerprint density at radius 3 is 2.50 bits per heavy atom. The molecule has 0 radical (unpaired) electrons. The fourth-order valence-corrected chi connectivity index (χ4v) is 3.02. The smallest absolute Gasteiger partial charge is 0.335 e. The summed E-state index contributed by atoms with van der Waals surface area (Å²) >= 11 is 1.21. The fourth-order valence-electron chi connectivity index (χ4n) is 2.23. The van der Waals surface area contributed by atoms with Gasteiger partial charge in [-0.3, -0.25) is 4.79 Å². The predicted molar refractivity (Wildman–Crippen MR) is 100 cm³/mol. The molecule has 0 atom stereocenters. The molecule has 2 rings (SSSR count). The van der Waals surface area contributed by atoms with Crippen molar-refractivity contribution in [1.29, 1.82) is 5.26 Å². The number of amides is 1. The maximum Gasteiger partial charge on any atom is 0.335 e. The van der Waals surface area contributed by atoms with Gasteiger partial charge in [-0.1, -0.05) is 25.6 Å². The van der Waals surface area contributed by atoms with Crippen LogP contribution in [0.2, 0.25) is 0 Å². The molecule has 1 aromatic carbocycles. The lowest BCUT2D eigenvalue weighted by molar-refractivity contribution is -0.113. The lowest BCUT2D eigenvalue weighted by atomic mass is 10.1. The molecule has 1 amide bonds. The number of aromatic carboxylic acids is 1. The van der Waals surface area contributed by atoms with E-state index in [0.717, 1.165) is 12.1 Å². The SMILES string of the molecule is CC(C)Cc1ccc(C#N)c(SCC(=O)Nc2ccc(C(=O)O)cc2)n1. The number of nitrogens with zero attached hydrogens (tertiary/aromatic N) is 2. The maximum atomic E-state index is 12.1. The average molecular weight is 369 g/mol. The standard InChI is InChI=1S/C19H19N3O3S/c1-12(2)9-16-8-5-14(10-20)18(22-16)26-11-17(23)21-15-6-3-13(4-7-15)19(24)25/h3-8,12H,9,11H2,1-2H3,(H,21,23)(H,24,25). The molecule has 0 aliphatic carbocycles. The van der Waals surface area contributed by atoms with Crippen LogP contribution < -0.4 is 5.32 Å². The minimum Gasteiger partial charge on any atom is -0.478 e. The van der Waals surface area contributed by atoms with Gasteiger partial charge in [0.2, 0.25) is 5.91 Å². The van der Waals surface area contributed by atoms with Gasteiger partial charge in [0.05, 0.1) is 16.9 Å². The summed E-state index contributed by atoms with van der Waals surface area (Å²) in [5, 5.41) is 21.3. The Balaban J connectivity index is 2.00. The Kier molecular flexibility index (Phi) is 6.75. The summed E-state index contributed by atoms with van der Waals surface area (Å²) < 4.78 is 0. The topological polar surface area (TPSA) is 103 Å². The number of carboxylic acids is 1. The van der Waals surface area contributed by atoms with Crippen LogP contribution in [0, 0.1) is 17.2 Å². The number of thioether (sulfide) groups is 1. The summed E-state index contributed by atoms with van der Waals surface area (Å²) in [5.74, 6) is -0.716. The molecular weight excluding hydrogens is 350 g/mol. The number of hydrogen-bond donors (Lipinski definition) is 2. The van der Waals surface area contributed by atoms with Crippen molar-refractivity contribution in [2.24, 2.45) is 5.92 Å². The van der Waals surface area contributed by atoms with Crippen molar-refractivity contribution in [3.63, 3.8) is 0 Å². The van der Waals surface area contributed by atoms with E-state index in [9.17, 15) is 14.9 Å². The van der Waals surface area contributed by atoms with Crippen LogP contribution in [-0.2, 0) is 11.2 Å². The van der Waals surface area contributed by atoms with E-state index in [1.165, 1.54) is 36.0 Å². The first-order chi connectivity index (χ1) is 12.4. The minimum atomic E-state index is -1.02. The first-order valence-electron chi connectivity index (χ1n) is 8.05. The van der Waals surface area contributed by atoms with E-state index in [1.54, 1.807) is 6.07 Å². The van der Waals surface area contributed by atoms with E-state index in [-0.39, 0.29) is 17.2 Å². The molecule has 0 aliphatic heterocycles. The predicted octanol–water partition coefficient (Wildman–Crippen LogP) is 3.58. The normalized spacial score (nSPS) is 10.4. The first kappa shape index (κ1) is 19.5. The number of pyridine rings is 1. The van der Waals surface area contributed by atoms with Crippen molar-refractivity contribution >= 4 is 29.3 Å². The second-order valence-corrected chi connectivity index (χ2v) is 7.05. The van der Waals surface area contributed by atoms with Crippen molar-refractivity contribution in [2.75, 3.05) is 11.1 Å². The van der Waals surface area contributed by atoms with Crippen LogP contribution in [0.5, 0.6) is 0 Å². The van der Waals surface area contributed by atoms with Crippen LogP contribution in [0.4, 0.5) is 5.69 Å². The fraction of sp³-hybridized carbons (Fsp3) is 0.263. The van der Waals surface area contributed by atoms with E-state index >= 15 is 0 Å². The Morgan fingerprint density at radius 2 is 1.92 bits per heavy atom. The molecule has 134 valence electrons. The van der Waals surface area contributed by atoms with Crippen molar-refractivity contribution in [2.45, 2.75) is 25.3 Å². The molecule has 0 saturated heterocycles. The Hall–Kier alpha value is -2.85. The second kappa shape index (κ2) is 9.02. The summed E-state index contributed by atoms with van der Waals surface area (Å²) in [4.78, 5) is 27.4. The van der Waals surface area contributed by atoms with E-state index in [2.05, 4.69) is 30.2 Å². The Morgan fingerprint density at radius 1 is 1.23 bits per heavy atom. The van der Waals surface area contributed by atoms with Gasteiger partial charge in [0.25, 0.3) is 0 Å². The van der Waals surface area contributed by atoms with Crippen LogP contribution in [0.3, 0.4) is 0 Å². The first-order valence-corrected chi connectivity index (χ1v) is 9.03. The zero-order chi connectivity index (χ0) is 19.1. The van der Waals surface area contributed by atoms with Crippen LogP contribution in [0.25, 0.3) is 0 Å². The summed E-state index contributed by atoms with van der Waals surface area (Å²) in [6.45, 7) is 4.19. The minimum absolute atomic E-state index is 0.105. The molecule has 26 heavy (non-hydrogen) atoms. The maximum absolute atomic E-state index is 12.1. The number of carbonyl (C=O) groups excluding carboxylic acids is 1. The molecule has 2 aromatic rings. The highest BCUT2D eigenvalue weighted by Crippen LogP contribution is 2.22. The highest BCUT2D eigenvalue weighted by Gasteiger charge is 2.11. The molecule has 1 heterocycles. The third kappa shape index (κ3) is 5.60. The van der Waals surface area contributed by atoms with Crippen molar-refractivity contribution in [3.8, 4) is 6.07 Å². The van der Waals surface area contributed by atoms with Crippen molar-refractivity contribution < 1.29 is 14.7 Å². The van der Waals surface area contributed by atoms with Gasteiger partial charge in [0.1, 0.15) is 11.1 Å². The van der Waals surface area contributed by atoms with Gasteiger partial charge in [0, 0.05) is 11.4 Å². The quantitative estimate of drug-likeness (QED) is 0.723. The van der Waals surface area contributed by atoms with Crippen LogP contribution in [0.15, 0.2) is 41.4 Å². The van der Waals surface area contributed by atoms with Gasteiger partial charge in [-0.15, -0.1) is 0 Å². The number of carboxylic acid groups (broad SMARTS) is 1.